The molecule has 31 heavy (non-hydrogen) atoms. The quantitative estimate of drug-likeness (QED) is 0.460. The van der Waals surface area contributed by atoms with Gasteiger partial charge in [-0.15, -0.1) is 0 Å². The Morgan fingerprint density at radius 2 is 1.74 bits per heavy atom. The number of carboxylic acid groups (broad SMARTS) is 1. The lowest BCUT2D eigenvalue weighted by atomic mass is 10.0. The molecule has 0 aromatic carbocycles. The van der Waals surface area contributed by atoms with E-state index in [1.807, 2.05) is 6.92 Å². The van der Waals surface area contributed by atoms with E-state index in [2.05, 4.69) is 15.3 Å². The lowest BCUT2D eigenvalue weighted by Crippen LogP contribution is -2.31. The third-order valence-electron chi connectivity index (χ3n) is 3.92. The van der Waals surface area contributed by atoms with Crippen molar-refractivity contribution in [3.05, 3.63) is 40.1 Å². The van der Waals surface area contributed by atoms with Crippen molar-refractivity contribution in [2.75, 3.05) is 18.5 Å². The lowest BCUT2D eigenvalue weighted by Gasteiger charge is -2.25. The second kappa shape index (κ2) is 11.0. The number of hydrogen-bond donors (Lipinski definition) is 2. The van der Waals surface area contributed by atoms with Gasteiger partial charge in [-0.2, -0.15) is 0 Å². The number of carbonyl (C=O) groups excluding carboxylic acids is 1. The van der Waals surface area contributed by atoms with Gasteiger partial charge in [0.1, 0.15) is 15.6 Å². The van der Waals surface area contributed by atoms with E-state index in [0.29, 0.717) is 25.1 Å². The Labute approximate surface area is 189 Å². The van der Waals surface area contributed by atoms with E-state index in [1.165, 1.54) is 24.5 Å². The number of nitrogens with one attached hydrogen (secondary N) is 1. The first kappa shape index (κ1) is 24.5. The summed E-state index contributed by atoms with van der Waals surface area (Å²) in [6.07, 6.45) is 2.97. The average molecular weight is 472 g/mol. The molecule has 0 fully saturated rings. The van der Waals surface area contributed by atoms with Crippen LogP contribution in [-0.4, -0.2) is 46.0 Å². The van der Waals surface area contributed by atoms with Crippen LogP contribution in [0.1, 0.15) is 44.0 Å². The number of pyridine rings is 2. The van der Waals surface area contributed by atoms with Crippen molar-refractivity contribution in [2.45, 2.75) is 39.2 Å². The molecule has 1 amide bonds. The number of hydrogen-bond acceptors (Lipinski definition) is 7. The Morgan fingerprint density at radius 1 is 1.10 bits per heavy atom. The summed E-state index contributed by atoms with van der Waals surface area (Å²) in [5.74, 6) is -0.694. The number of halogens is 2. The molecule has 0 aliphatic carbocycles. The van der Waals surface area contributed by atoms with Crippen LogP contribution in [0, 0.1) is 0 Å². The van der Waals surface area contributed by atoms with Gasteiger partial charge >= 0.3 is 12.1 Å². The van der Waals surface area contributed by atoms with Crippen LogP contribution in [0.3, 0.4) is 0 Å². The van der Waals surface area contributed by atoms with Gasteiger partial charge in [0.05, 0.1) is 30.7 Å². The third-order valence-corrected chi connectivity index (χ3v) is 4.46. The fourth-order valence-corrected chi connectivity index (χ4v) is 2.94. The highest BCUT2D eigenvalue weighted by atomic mass is 35.5. The zero-order chi connectivity index (χ0) is 23.0. The van der Waals surface area contributed by atoms with E-state index >= 15 is 0 Å². The first-order chi connectivity index (χ1) is 14.6. The maximum Gasteiger partial charge on any atom is 0.412 e. The minimum atomic E-state index is -1.12. The number of anilines is 1. The first-order valence-electron chi connectivity index (χ1n) is 9.41. The molecule has 0 atom stereocenters. The predicted octanol–water partition coefficient (Wildman–Crippen LogP) is 5.07. The van der Waals surface area contributed by atoms with Crippen LogP contribution < -0.4 is 14.8 Å². The molecule has 2 aromatic heterocycles. The van der Waals surface area contributed by atoms with E-state index in [0.717, 1.165) is 0 Å². The van der Waals surface area contributed by atoms with Crippen molar-refractivity contribution in [3.63, 3.8) is 0 Å². The van der Waals surface area contributed by atoms with Gasteiger partial charge in [0.2, 0.25) is 11.8 Å². The standard InChI is InChI=1S/C20H23Cl2N3O6/c1-4-29-16-15(22)9-13(11-24-16)25-19(28)31-20(2,3)6-5-7-30-17-14(21)8-12(10-23-17)18(26)27/h8-11H,4-7H2,1-3H3,(H,25,28)(H,26,27). The van der Waals surface area contributed by atoms with E-state index in [1.54, 1.807) is 13.8 Å². The Hall–Kier alpha value is -2.78. The average Bonchev–Trinajstić information content (AvgIpc) is 2.67. The highest BCUT2D eigenvalue weighted by molar-refractivity contribution is 6.32. The third kappa shape index (κ3) is 7.76. The topological polar surface area (TPSA) is 120 Å². The molecule has 0 aliphatic heterocycles. The van der Waals surface area contributed by atoms with Crippen LogP contribution in [-0.2, 0) is 4.74 Å². The zero-order valence-corrected chi connectivity index (χ0v) is 18.8. The molecule has 0 saturated carbocycles. The Morgan fingerprint density at radius 3 is 2.35 bits per heavy atom. The molecular weight excluding hydrogens is 449 g/mol. The minimum Gasteiger partial charge on any atom is -0.478 e. The van der Waals surface area contributed by atoms with Crippen molar-refractivity contribution in [1.29, 1.82) is 0 Å². The van der Waals surface area contributed by atoms with E-state index < -0.39 is 17.7 Å². The molecule has 0 spiro atoms. The molecule has 2 heterocycles. The van der Waals surface area contributed by atoms with Crippen molar-refractivity contribution in [3.8, 4) is 11.8 Å². The largest absolute Gasteiger partial charge is 0.478 e. The Bertz CT molecular complexity index is 939. The van der Waals surface area contributed by atoms with Crippen LogP contribution in [0.5, 0.6) is 11.8 Å². The number of aromatic carboxylic acids is 1. The molecule has 0 radical (unpaired) electrons. The summed E-state index contributed by atoms with van der Waals surface area (Å²) in [7, 11) is 0. The van der Waals surface area contributed by atoms with E-state index in [-0.39, 0.29) is 34.0 Å². The molecule has 2 aromatic rings. The van der Waals surface area contributed by atoms with Gasteiger partial charge in [-0.05, 0) is 45.7 Å². The number of aromatic nitrogens is 2. The van der Waals surface area contributed by atoms with Gasteiger partial charge in [0, 0.05) is 6.20 Å². The minimum absolute atomic E-state index is 0.0260. The SMILES string of the molecule is CCOc1ncc(NC(=O)OC(C)(C)CCCOc2ncc(C(=O)O)cc2Cl)cc1Cl. The van der Waals surface area contributed by atoms with Crippen molar-refractivity contribution >= 4 is 41.0 Å². The van der Waals surface area contributed by atoms with E-state index in [9.17, 15) is 9.59 Å². The summed E-state index contributed by atoms with van der Waals surface area (Å²) in [6.45, 7) is 6.03. The van der Waals surface area contributed by atoms with Crippen molar-refractivity contribution in [2.24, 2.45) is 0 Å². The number of ether oxygens (including phenoxy) is 3. The molecule has 0 bridgehead atoms. The summed E-state index contributed by atoms with van der Waals surface area (Å²) in [5, 5.41) is 11.9. The lowest BCUT2D eigenvalue weighted by molar-refractivity contribution is 0.0378. The molecular formula is C20H23Cl2N3O6. The molecule has 0 saturated heterocycles. The van der Waals surface area contributed by atoms with Gasteiger partial charge in [-0.1, -0.05) is 23.2 Å². The zero-order valence-electron chi connectivity index (χ0n) is 17.3. The second-order valence-corrected chi connectivity index (χ2v) is 7.80. The fraction of sp³-hybridized carbons (Fsp3) is 0.400. The predicted molar refractivity (Wildman–Crippen MR) is 116 cm³/mol. The molecule has 11 heteroatoms. The van der Waals surface area contributed by atoms with Crippen LogP contribution >= 0.6 is 23.2 Å². The van der Waals surface area contributed by atoms with Crippen LogP contribution in [0.25, 0.3) is 0 Å². The summed E-state index contributed by atoms with van der Waals surface area (Å²) < 4.78 is 16.2. The van der Waals surface area contributed by atoms with Gasteiger partial charge in [-0.25, -0.2) is 19.6 Å². The fourth-order valence-electron chi connectivity index (χ4n) is 2.50. The smallest absolute Gasteiger partial charge is 0.412 e. The summed E-state index contributed by atoms with van der Waals surface area (Å²) >= 11 is 12.0. The highest BCUT2D eigenvalue weighted by Crippen LogP contribution is 2.26. The van der Waals surface area contributed by atoms with Gasteiger partial charge < -0.3 is 19.3 Å². The normalized spacial score (nSPS) is 11.0. The molecule has 9 nitrogen and oxygen atoms in total. The molecule has 168 valence electrons. The van der Waals surface area contributed by atoms with Crippen LogP contribution in [0.2, 0.25) is 10.0 Å². The maximum absolute atomic E-state index is 12.2. The second-order valence-electron chi connectivity index (χ2n) is 6.99. The summed E-state index contributed by atoms with van der Waals surface area (Å²) in [6, 6.07) is 2.79. The highest BCUT2D eigenvalue weighted by Gasteiger charge is 2.23. The monoisotopic (exact) mass is 471 g/mol. The number of rotatable bonds is 10. The van der Waals surface area contributed by atoms with Crippen molar-refractivity contribution < 1.29 is 28.9 Å². The maximum atomic E-state index is 12.2. The Balaban J connectivity index is 1.80. The molecule has 2 N–H and O–H groups in total. The van der Waals surface area contributed by atoms with Gasteiger partial charge in [-0.3, -0.25) is 5.32 Å². The van der Waals surface area contributed by atoms with E-state index in [4.69, 9.17) is 42.5 Å². The molecule has 0 unspecified atom stereocenters. The number of amides is 1. The van der Waals surface area contributed by atoms with Gasteiger partial charge in [0.25, 0.3) is 0 Å². The van der Waals surface area contributed by atoms with Crippen molar-refractivity contribution in [1.82, 2.24) is 9.97 Å². The number of carbonyl (C=O) groups is 2. The summed E-state index contributed by atoms with van der Waals surface area (Å²) in [4.78, 5) is 31.0. The number of nitrogens with zero attached hydrogens (tertiary/aromatic N) is 2. The van der Waals surface area contributed by atoms with Crippen LogP contribution in [0.15, 0.2) is 24.5 Å². The molecule has 2 rings (SSSR count). The summed E-state index contributed by atoms with van der Waals surface area (Å²) in [5.41, 5.74) is -0.426. The Kier molecular flexibility index (Phi) is 8.70. The van der Waals surface area contributed by atoms with Crippen LogP contribution in [0.4, 0.5) is 10.5 Å². The van der Waals surface area contributed by atoms with Gasteiger partial charge in [0.15, 0.2) is 0 Å². The number of carboxylic acids is 1. The molecule has 0 aliphatic rings. The first-order valence-corrected chi connectivity index (χ1v) is 10.2.